The van der Waals surface area contributed by atoms with E-state index in [9.17, 15) is 10.1 Å². The molecule has 0 aliphatic rings. The summed E-state index contributed by atoms with van der Waals surface area (Å²) in [5.41, 5.74) is 1.35. The van der Waals surface area contributed by atoms with E-state index < -0.39 is 4.92 Å². The predicted molar refractivity (Wildman–Crippen MR) is 58.3 cm³/mol. The molecule has 16 heavy (non-hydrogen) atoms. The predicted octanol–water partition coefficient (Wildman–Crippen LogP) is 2.50. The zero-order valence-electron chi connectivity index (χ0n) is 9.19. The highest BCUT2D eigenvalue weighted by molar-refractivity contribution is 5.49. The van der Waals surface area contributed by atoms with Crippen LogP contribution in [-0.4, -0.2) is 11.5 Å². The fourth-order valence-corrected chi connectivity index (χ4v) is 1.33. The van der Waals surface area contributed by atoms with Gasteiger partial charge in [-0.1, -0.05) is 0 Å². The van der Waals surface area contributed by atoms with Gasteiger partial charge in [-0.2, -0.15) is 5.26 Å². The van der Waals surface area contributed by atoms with Gasteiger partial charge in [0.1, 0.15) is 12.4 Å². The number of hydrogen-bond acceptors (Lipinski definition) is 4. The van der Waals surface area contributed by atoms with Crippen LogP contribution in [0.1, 0.15) is 17.5 Å². The third kappa shape index (κ3) is 2.70. The SMILES string of the molecule is Cc1cc([N+](=O)[O-])c(C)cc1OCCC#N. The quantitative estimate of drug-likeness (QED) is 0.443. The molecule has 0 fully saturated rings. The number of nitro groups is 1. The topological polar surface area (TPSA) is 76.2 Å². The van der Waals surface area contributed by atoms with Crippen molar-refractivity contribution in [1.29, 1.82) is 5.26 Å². The number of hydrogen-bond donors (Lipinski definition) is 0. The van der Waals surface area contributed by atoms with E-state index in [0.29, 0.717) is 29.9 Å². The summed E-state index contributed by atoms with van der Waals surface area (Å²) in [7, 11) is 0. The molecule has 0 atom stereocenters. The smallest absolute Gasteiger partial charge is 0.272 e. The highest BCUT2D eigenvalue weighted by Crippen LogP contribution is 2.27. The summed E-state index contributed by atoms with van der Waals surface area (Å²) in [4.78, 5) is 10.3. The second-order valence-corrected chi connectivity index (χ2v) is 3.42. The molecule has 84 valence electrons. The number of rotatable bonds is 4. The number of nitro benzene ring substituents is 1. The van der Waals surface area contributed by atoms with Gasteiger partial charge in [-0.05, 0) is 25.5 Å². The van der Waals surface area contributed by atoms with Gasteiger partial charge >= 0.3 is 0 Å². The Morgan fingerprint density at radius 1 is 1.44 bits per heavy atom. The van der Waals surface area contributed by atoms with Crippen molar-refractivity contribution in [2.75, 3.05) is 6.61 Å². The van der Waals surface area contributed by atoms with Gasteiger partial charge in [0, 0.05) is 11.6 Å². The van der Waals surface area contributed by atoms with Gasteiger partial charge < -0.3 is 4.74 Å². The molecule has 1 rings (SSSR count). The lowest BCUT2D eigenvalue weighted by atomic mass is 10.1. The Bertz CT molecular complexity index is 449. The minimum absolute atomic E-state index is 0.0881. The fourth-order valence-electron chi connectivity index (χ4n) is 1.33. The second-order valence-electron chi connectivity index (χ2n) is 3.42. The van der Waals surface area contributed by atoms with Gasteiger partial charge in [0.25, 0.3) is 5.69 Å². The van der Waals surface area contributed by atoms with E-state index in [-0.39, 0.29) is 5.69 Å². The largest absolute Gasteiger partial charge is 0.492 e. The van der Waals surface area contributed by atoms with E-state index in [2.05, 4.69) is 0 Å². The molecule has 0 N–H and O–H groups in total. The first-order valence-corrected chi connectivity index (χ1v) is 4.81. The van der Waals surface area contributed by atoms with Gasteiger partial charge in [0.05, 0.1) is 17.4 Å². The zero-order valence-corrected chi connectivity index (χ0v) is 9.19. The minimum Gasteiger partial charge on any atom is -0.492 e. The average Bonchev–Trinajstić information content (AvgIpc) is 2.22. The molecule has 0 unspecified atom stereocenters. The van der Waals surface area contributed by atoms with E-state index in [1.807, 2.05) is 6.07 Å². The molecule has 0 aliphatic carbocycles. The second kappa shape index (κ2) is 5.12. The molecule has 0 bridgehead atoms. The Morgan fingerprint density at radius 3 is 2.69 bits per heavy atom. The van der Waals surface area contributed by atoms with Gasteiger partial charge in [-0.15, -0.1) is 0 Å². The lowest BCUT2D eigenvalue weighted by Crippen LogP contribution is -2.00. The molecule has 0 aliphatic heterocycles. The third-order valence-electron chi connectivity index (χ3n) is 2.16. The summed E-state index contributed by atoms with van der Waals surface area (Å²) in [6, 6.07) is 5.08. The molecule has 0 aromatic heterocycles. The maximum absolute atomic E-state index is 10.7. The summed E-state index contributed by atoms with van der Waals surface area (Å²) in [5.74, 6) is 0.596. The molecule has 5 nitrogen and oxygen atoms in total. The summed E-state index contributed by atoms with van der Waals surface area (Å²) in [6.07, 6.45) is 0.301. The van der Waals surface area contributed by atoms with Crippen LogP contribution in [0, 0.1) is 35.3 Å². The molecule has 1 aromatic rings. The molecule has 1 aromatic carbocycles. The van der Waals surface area contributed by atoms with Crippen LogP contribution in [0.15, 0.2) is 12.1 Å². The third-order valence-corrected chi connectivity index (χ3v) is 2.16. The fraction of sp³-hybridized carbons (Fsp3) is 0.364. The maximum Gasteiger partial charge on any atom is 0.272 e. The Balaban J connectivity index is 2.93. The highest BCUT2D eigenvalue weighted by atomic mass is 16.6. The highest BCUT2D eigenvalue weighted by Gasteiger charge is 2.13. The Labute approximate surface area is 93.4 Å². The van der Waals surface area contributed by atoms with Crippen LogP contribution in [0.4, 0.5) is 5.69 Å². The normalized spacial score (nSPS) is 9.56. The lowest BCUT2D eigenvalue weighted by molar-refractivity contribution is -0.385. The van der Waals surface area contributed by atoms with Crippen LogP contribution in [0.5, 0.6) is 5.75 Å². The molecule has 0 saturated carbocycles. The first-order valence-electron chi connectivity index (χ1n) is 4.81. The Hall–Kier alpha value is -2.09. The minimum atomic E-state index is -0.415. The van der Waals surface area contributed by atoms with Crippen LogP contribution in [0.25, 0.3) is 0 Å². The van der Waals surface area contributed by atoms with Crippen LogP contribution in [0.3, 0.4) is 0 Å². The first-order chi connectivity index (χ1) is 7.56. The van der Waals surface area contributed by atoms with Gasteiger partial charge in [0.15, 0.2) is 0 Å². The lowest BCUT2D eigenvalue weighted by Gasteiger charge is -2.08. The Morgan fingerprint density at radius 2 is 2.12 bits per heavy atom. The maximum atomic E-state index is 10.7. The van der Waals surface area contributed by atoms with Gasteiger partial charge in [0.2, 0.25) is 0 Å². The number of nitrogens with zero attached hydrogens (tertiary/aromatic N) is 2. The van der Waals surface area contributed by atoms with Crippen LogP contribution in [-0.2, 0) is 0 Å². The molecule has 0 spiro atoms. The van der Waals surface area contributed by atoms with E-state index in [0.717, 1.165) is 0 Å². The average molecular weight is 220 g/mol. The number of benzene rings is 1. The molecule has 0 amide bonds. The molecule has 0 heterocycles. The molecule has 0 radical (unpaired) electrons. The molecular weight excluding hydrogens is 208 g/mol. The van der Waals surface area contributed by atoms with E-state index >= 15 is 0 Å². The molecule has 0 saturated heterocycles. The monoisotopic (exact) mass is 220 g/mol. The summed E-state index contributed by atoms with van der Waals surface area (Å²) in [6.45, 7) is 3.71. The molecule has 5 heteroatoms. The van der Waals surface area contributed by atoms with E-state index in [1.165, 1.54) is 6.07 Å². The zero-order chi connectivity index (χ0) is 12.1. The van der Waals surface area contributed by atoms with Crippen molar-refractivity contribution in [1.82, 2.24) is 0 Å². The van der Waals surface area contributed by atoms with Gasteiger partial charge in [-0.3, -0.25) is 10.1 Å². The van der Waals surface area contributed by atoms with Crippen LogP contribution in [0.2, 0.25) is 0 Å². The van der Waals surface area contributed by atoms with Crippen LogP contribution < -0.4 is 4.74 Å². The molecular formula is C11H12N2O3. The summed E-state index contributed by atoms with van der Waals surface area (Å²) < 4.78 is 5.35. The Kier molecular flexibility index (Phi) is 3.84. The van der Waals surface area contributed by atoms with E-state index in [1.54, 1.807) is 19.9 Å². The van der Waals surface area contributed by atoms with Crippen molar-refractivity contribution in [3.05, 3.63) is 33.4 Å². The van der Waals surface area contributed by atoms with Gasteiger partial charge in [-0.25, -0.2) is 0 Å². The van der Waals surface area contributed by atoms with Crippen molar-refractivity contribution in [2.45, 2.75) is 20.3 Å². The van der Waals surface area contributed by atoms with Crippen molar-refractivity contribution in [2.24, 2.45) is 0 Å². The number of aryl methyl sites for hydroxylation is 2. The van der Waals surface area contributed by atoms with Crippen molar-refractivity contribution in [3.8, 4) is 11.8 Å². The van der Waals surface area contributed by atoms with Crippen molar-refractivity contribution in [3.63, 3.8) is 0 Å². The summed E-state index contributed by atoms with van der Waals surface area (Å²) >= 11 is 0. The first kappa shape index (κ1) is 12.0. The van der Waals surface area contributed by atoms with Crippen molar-refractivity contribution >= 4 is 5.69 Å². The van der Waals surface area contributed by atoms with E-state index in [4.69, 9.17) is 10.00 Å². The standard InChI is InChI=1S/C11H12N2O3/c1-8-7-11(16-5-3-4-12)9(2)6-10(8)13(14)15/h6-7H,3,5H2,1-2H3. The van der Waals surface area contributed by atoms with Crippen LogP contribution >= 0.6 is 0 Å². The van der Waals surface area contributed by atoms with Crippen molar-refractivity contribution < 1.29 is 9.66 Å². The number of nitriles is 1. The number of ether oxygens (including phenoxy) is 1. The summed E-state index contributed by atoms with van der Waals surface area (Å²) in [5, 5.41) is 19.0.